The summed E-state index contributed by atoms with van der Waals surface area (Å²) < 4.78 is 1.79. The Morgan fingerprint density at radius 2 is 1.65 bits per heavy atom. The number of anilines is 2. The summed E-state index contributed by atoms with van der Waals surface area (Å²) in [4.78, 5) is 14.5. The summed E-state index contributed by atoms with van der Waals surface area (Å²) in [5, 5.41) is 7.28. The van der Waals surface area contributed by atoms with Crippen molar-refractivity contribution in [2.45, 2.75) is 19.9 Å². The highest BCUT2D eigenvalue weighted by Crippen LogP contribution is 2.16. The standard InChI is InChI=1S/C21H24N4O/c1-4-16-5-9-18(10-6-16)21(26)23-20-13-14-22-25(20)15-17-7-11-19(12-8-17)24(2)3/h5-14H,4,15H2,1-3H3,(H,23,26). The van der Waals surface area contributed by atoms with Gasteiger partial charge in [0, 0.05) is 31.4 Å². The molecule has 2 aromatic carbocycles. The molecule has 0 spiro atoms. The van der Waals surface area contributed by atoms with Crippen LogP contribution in [0.3, 0.4) is 0 Å². The van der Waals surface area contributed by atoms with Crippen LogP contribution < -0.4 is 10.2 Å². The Hall–Kier alpha value is -3.08. The van der Waals surface area contributed by atoms with Crippen molar-refractivity contribution >= 4 is 17.4 Å². The van der Waals surface area contributed by atoms with E-state index in [1.165, 1.54) is 5.56 Å². The number of rotatable bonds is 6. The molecule has 0 aliphatic carbocycles. The maximum atomic E-state index is 12.5. The van der Waals surface area contributed by atoms with Gasteiger partial charge in [0.05, 0.1) is 12.7 Å². The van der Waals surface area contributed by atoms with Gasteiger partial charge in [-0.25, -0.2) is 4.68 Å². The Morgan fingerprint density at radius 3 is 2.27 bits per heavy atom. The molecular formula is C21H24N4O. The van der Waals surface area contributed by atoms with Crippen LogP contribution in [0, 0.1) is 0 Å². The number of carbonyl (C=O) groups is 1. The molecule has 1 N–H and O–H groups in total. The van der Waals surface area contributed by atoms with Gasteiger partial charge in [0.15, 0.2) is 0 Å². The Bertz CT molecular complexity index is 864. The normalized spacial score (nSPS) is 10.6. The molecule has 0 radical (unpaired) electrons. The lowest BCUT2D eigenvalue weighted by Gasteiger charge is -2.13. The van der Waals surface area contributed by atoms with Crippen molar-refractivity contribution in [2.24, 2.45) is 0 Å². The topological polar surface area (TPSA) is 50.2 Å². The van der Waals surface area contributed by atoms with E-state index in [2.05, 4.69) is 46.5 Å². The van der Waals surface area contributed by atoms with E-state index in [1.54, 1.807) is 10.9 Å². The second-order valence-corrected chi connectivity index (χ2v) is 6.44. The van der Waals surface area contributed by atoms with E-state index in [9.17, 15) is 4.79 Å². The average molecular weight is 348 g/mol. The maximum Gasteiger partial charge on any atom is 0.256 e. The first-order chi connectivity index (χ1) is 12.6. The van der Waals surface area contributed by atoms with Crippen molar-refractivity contribution in [3.05, 3.63) is 77.5 Å². The smallest absolute Gasteiger partial charge is 0.256 e. The fourth-order valence-corrected chi connectivity index (χ4v) is 2.72. The number of hydrogen-bond donors (Lipinski definition) is 1. The molecule has 0 aliphatic rings. The lowest BCUT2D eigenvalue weighted by molar-refractivity contribution is 0.102. The van der Waals surface area contributed by atoms with Crippen LogP contribution in [0.2, 0.25) is 0 Å². The van der Waals surface area contributed by atoms with Crippen LogP contribution in [0.15, 0.2) is 60.8 Å². The third kappa shape index (κ3) is 4.11. The highest BCUT2D eigenvalue weighted by atomic mass is 16.1. The molecule has 1 aromatic heterocycles. The molecule has 0 atom stereocenters. The maximum absolute atomic E-state index is 12.5. The van der Waals surface area contributed by atoms with Gasteiger partial charge < -0.3 is 10.2 Å². The van der Waals surface area contributed by atoms with Crippen molar-refractivity contribution in [1.82, 2.24) is 9.78 Å². The van der Waals surface area contributed by atoms with E-state index in [4.69, 9.17) is 0 Å². The minimum Gasteiger partial charge on any atom is -0.378 e. The van der Waals surface area contributed by atoms with Crippen molar-refractivity contribution in [1.29, 1.82) is 0 Å². The van der Waals surface area contributed by atoms with Crippen molar-refractivity contribution < 1.29 is 4.79 Å². The molecule has 0 saturated carbocycles. The fourth-order valence-electron chi connectivity index (χ4n) is 2.72. The van der Waals surface area contributed by atoms with Crippen LogP contribution >= 0.6 is 0 Å². The Balaban J connectivity index is 1.70. The van der Waals surface area contributed by atoms with Crippen molar-refractivity contribution in [2.75, 3.05) is 24.3 Å². The van der Waals surface area contributed by atoms with Crippen molar-refractivity contribution in [3.63, 3.8) is 0 Å². The van der Waals surface area contributed by atoms with Crippen LogP contribution in [0.5, 0.6) is 0 Å². The molecule has 3 aromatic rings. The Kier molecular flexibility index (Phi) is 5.37. The second-order valence-electron chi connectivity index (χ2n) is 6.44. The molecule has 1 amide bonds. The molecule has 134 valence electrons. The van der Waals surface area contributed by atoms with Gasteiger partial charge in [0.2, 0.25) is 0 Å². The first-order valence-corrected chi connectivity index (χ1v) is 8.75. The van der Waals surface area contributed by atoms with Gasteiger partial charge in [-0.2, -0.15) is 5.10 Å². The van der Waals surface area contributed by atoms with Gasteiger partial charge in [-0.1, -0.05) is 31.2 Å². The van der Waals surface area contributed by atoms with Gasteiger partial charge in [-0.3, -0.25) is 4.79 Å². The van der Waals surface area contributed by atoms with Crippen LogP contribution in [0.1, 0.15) is 28.4 Å². The number of nitrogens with one attached hydrogen (secondary N) is 1. The van der Waals surface area contributed by atoms with Gasteiger partial charge in [0.25, 0.3) is 5.91 Å². The summed E-state index contributed by atoms with van der Waals surface area (Å²) in [7, 11) is 4.03. The SMILES string of the molecule is CCc1ccc(C(=O)Nc2ccnn2Cc2ccc(N(C)C)cc2)cc1. The molecule has 0 unspecified atom stereocenters. The summed E-state index contributed by atoms with van der Waals surface area (Å²) >= 11 is 0. The third-order valence-electron chi connectivity index (χ3n) is 4.37. The second kappa shape index (κ2) is 7.87. The number of carbonyl (C=O) groups excluding carboxylic acids is 1. The lowest BCUT2D eigenvalue weighted by atomic mass is 10.1. The first kappa shape index (κ1) is 17.7. The number of amides is 1. The molecular weight excluding hydrogens is 324 g/mol. The number of aromatic nitrogens is 2. The van der Waals surface area contributed by atoms with Gasteiger partial charge in [-0.05, 0) is 41.8 Å². The van der Waals surface area contributed by atoms with Gasteiger partial charge >= 0.3 is 0 Å². The average Bonchev–Trinajstić information content (AvgIpc) is 3.09. The van der Waals surface area contributed by atoms with E-state index in [1.807, 2.05) is 44.4 Å². The zero-order valence-electron chi connectivity index (χ0n) is 15.4. The predicted molar refractivity (Wildman–Crippen MR) is 106 cm³/mol. The van der Waals surface area contributed by atoms with Crippen LogP contribution in [-0.4, -0.2) is 29.8 Å². The molecule has 26 heavy (non-hydrogen) atoms. The third-order valence-corrected chi connectivity index (χ3v) is 4.37. The highest BCUT2D eigenvalue weighted by molar-refractivity contribution is 6.03. The number of benzene rings is 2. The van der Waals surface area contributed by atoms with E-state index in [-0.39, 0.29) is 5.91 Å². The molecule has 0 aliphatic heterocycles. The minimum atomic E-state index is -0.127. The molecule has 0 saturated heterocycles. The molecule has 5 nitrogen and oxygen atoms in total. The van der Waals surface area contributed by atoms with Crippen LogP contribution in [0.4, 0.5) is 11.5 Å². The monoisotopic (exact) mass is 348 g/mol. The highest BCUT2D eigenvalue weighted by Gasteiger charge is 2.10. The quantitative estimate of drug-likeness (QED) is 0.737. The summed E-state index contributed by atoms with van der Waals surface area (Å²) in [6.45, 7) is 2.70. The van der Waals surface area contributed by atoms with Crippen molar-refractivity contribution in [3.8, 4) is 0 Å². The number of aryl methyl sites for hydroxylation is 1. The Morgan fingerprint density at radius 1 is 1.00 bits per heavy atom. The predicted octanol–water partition coefficient (Wildman–Crippen LogP) is 3.81. The van der Waals surface area contributed by atoms with E-state index in [0.29, 0.717) is 17.9 Å². The fraction of sp³-hybridized carbons (Fsp3) is 0.238. The number of hydrogen-bond acceptors (Lipinski definition) is 3. The number of nitrogens with zero attached hydrogens (tertiary/aromatic N) is 3. The van der Waals surface area contributed by atoms with E-state index in [0.717, 1.165) is 17.7 Å². The zero-order valence-corrected chi connectivity index (χ0v) is 15.4. The van der Waals surface area contributed by atoms with E-state index >= 15 is 0 Å². The van der Waals surface area contributed by atoms with Crippen LogP contribution in [-0.2, 0) is 13.0 Å². The molecule has 0 fully saturated rings. The largest absolute Gasteiger partial charge is 0.378 e. The lowest BCUT2D eigenvalue weighted by Crippen LogP contribution is -2.16. The summed E-state index contributed by atoms with van der Waals surface area (Å²) in [6.07, 6.45) is 2.66. The zero-order chi connectivity index (χ0) is 18.5. The van der Waals surface area contributed by atoms with Gasteiger partial charge in [0.1, 0.15) is 5.82 Å². The van der Waals surface area contributed by atoms with E-state index < -0.39 is 0 Å². The molecule has 3 rings (SSSR count). The minimum absolute atomic E-state index is 0.127. The molecule has 5 heteroatoms. The Labute approximate surface area is 154 Å². The van der Waals surface area contributed by atoms with Crippen LogP contribution in [0.25, 0.3) is 0 Å². The summed E-state index contributed by atoms with van der Waals surface area (Å²) in [5.74, 6) is 0.559. The molecule has 0 bridgehead atoms. The first-order valence-electron chi connectivity index (χ1n) is 8.75. The molecule has 1 heterocycles. The summed E-state index contributed by atoms with van der Waals surface area (Å²) in [6, 6.07) is 17.8. The summed E-state index contributed by atoms with van der Waals surface area (Å²) in [5.41, 5.74) is 4.14. The van der Waals surface area contributed by atoms with Gasteiger partial charge in [-0.15, -0.1) is 0 Å².